The number of hydrogen-bond acceptors (Lipinski definition) is 9. The number of fused-ring (bicyclic) bond motifs is 1. The Morgan fingerprint density at radius 2 is 1.85 bits per heavy atom. The summed E-state index contributed by atoms with van der Waals surface area (Å²) in [5.74, 6) is -0.439. The van der Waals surface area contributed by atoms with E-state index < -0.39 is 0 Å². The summed E-state index contributed by atoms with van der Waals surface area (Å²) in [7, 11) is 0. The molecule has 1 amide bonds. The van der Waals surface area contributed by atoms with Gasteiger partial charge in [-0.25, -0.2) is 14.4 Å². The largest absolute Gasteiger partial charge is 0.481 e. The minimum atomic E-state index is -0.360. The molecule has 0 radical (unpaired) electrons. The molecule has 1 fully saturated rings. The molecule has 5 rings (SSSR count). The van der Waals surface area contributed by atoms with Crippen molar-refractivity contribution in [2.45, 2.75) is 45.7 Å². The summed E-state index contributed by atoms with van der Waals surface area (Å²) in [6.07, 6.45) is 3.63. The van der Waals surface area contributed by atoms with Gasteiger partial charge in [-0.2, -0.15) is 10.2 Å². The number of rotatable bonds is 10. The summed E-state index contributed by atoms with van der Waals surface area (Å²) in [4.78, 5) is 34.0. The Balaban J connectivity index is 1.39. The molecule has 11 heteroatoms. The van der Waals surface area contributed by atoms with Crippen molar-refractivity contribution in [2.24, 2.45) is 5.92 Å². The fourth-order valence-electron chi connectivity index (χ4n) is 4.95. The van der Waals surface area contributed by atoms with E-state index >= 15 is 0 Å². The van der Waals surface area contributed by atoms with Gasteiger partial charge in [-0.15, -0.1) is 0 Å². The van der Waals surface area contributed by atoms with Gasteiger partial charge in [-0.3, -0.25) is 9.59 Å². The molecule has 2 heterocycles. The number of benzene rings is 2. The van der Waals surface area contributed by atoms with E-state index in [-0.39, 0.29) is 36.3 Å². The molecule has 0 saturated heterocycles. The number of anilines is 1. The molecule has 0 bridgehead atoms. The Morgan fingerprint density at radius 1 is 1.02 bits per heavy atom. The van der Waals surface area contributed by atoms with Crippen LogP contribution >= 0.6 is 0 Å². The summed E-state index contributed by atoms with van der Waals surface area (Å²) in [5.41, 5.74) is 3.55. The highest BCUT2D eigenvalue weighted by Gasteiger charge is 2.35. The van der Waals surface area contributed by atoms with Crippen LogP contribution in [-0.4, -0.2) is 51.3 Å². The molecule has 1 aliphatic rings. The molecule has 2 aromatic heterocycles. The molecule has 0 spiro atoms. The Bertz CT molecular complexity index is 1530. The van der Waals surface area contributed by atoms with Gasteiger partial charge in [0, 0.05) is 11.4 Å². The lowest BCUT2D eigenvalue weighted by molar-refractivity contribution is -0.148. The van der Waals surface area contributed by atoms with E-state index in [9.17, 15) is 14.0 Å². The van der Waals surface area contributed by atoms with Gasteiger partial charge in [-0.1, -0.05) is 18.6 Å². The predicted octanol–water partition coefficient (Wildman–Crippen LogP) is 4.37. The van der Waals surface area contributed by atoms with E-state index in [2.05, 4.69) is 30.8 Å². The van der Waals surface area contributed by atoms with Gasteiger partial charge in [0.05, 0.1) is 30.5 Å². The van der Waals surface area contributed by atoms with Gasteiger partial charge < -0.3 is 20.1 Å². The first-order valence-electron chi connectivity index (χ1n) is 13.6. The van der Waals surface area contributed by atoms with E-state index in [1.165, 1.54) is 18.5 Å². The summed E-state index contributed by atoms with van der Waals surface area (Å²) < 4.78 is 24.8. The molecule has 0 aliphatic heterocycles. The van der Waals surface area contributed by atoms with Gasteiger partial charge in [-0.05, 0) is 74.2 Å². The predicted molar refractivity (Wildman–Crippen MR) is 150 cm³/mol. The standard InChI is InChI=1S/C30H31FN6O4/c1-3-40-30(39)23-5-4-6-25(23)35-27(38)16-41-26-14-20(19-8-10-21(31)11-9-19)13-24-28(26)33-17-34-29(24)32-15-22-12-7-18(2)36-37-22/h7-14,17,23,25H,3-6,15-16H2,1-2H3,(H,35,38)(H,32,33,34). The van der Waals surface area contributed by atoms with E-state index in [0.717, 1.165) is 28.9 Å². The first kappa shape index (κ1) is 27.9. The van der Waals surface area contributed by atoms with Crippen LogP contribution in [0.15, 0.2) is 54.9 Å². The second-order valence-corrected chi connectivity index (χ2v) is 9.87. The van der Waals surface area contributed by atoms with Crippen molar-refractivity contribution in [1.82, 2.24) is 25.5 Å². The van der Waals surface area contributed by atoms with Crippen LogP contribution in [0.25, 0.3) is 22.0 Å². The number of hydrogen-bond donors (Lipinski definition) is 2. The lowest BCUT2D eigenvalue weighted by Crippen LogP contribution is -2.42. The van der Waals surface area contributed by atoms with Gasteiger partial charge in [0.2, 0.25) is 0 Å². The first-order chi connectivity index (χ1) is 19.9. The number of nitrogens with one attached hydrogen (secondary N) is 2. The van der Waals surface area contributed by atoms with E-state index in [0.29, 0.717) is 48.5 Å². The van der Waals surface area contributed by atoms with Crippen molar-refractivity contribution < 1.29 is 23.5 Å². The first-order valence-corrected chi connectivity index (χ1v) is 13.6. The minimum absolute atomic E-state index is 0.278. The van der Waals surface area contributed by atoms with Gasteiger partial charge >= 0.3 is 5.97 Å². The number of halogens is 1. The lowest BCUT2D eigenvalue weighted by atomic mass is 10.0. The molecular weight excluding hydrogens is 527 g/mol. The third kappa shape index (κ3) is 6.74. The van der Waals surface area contributed by atoms with Crippen LogP contribution in [0.1, 0.15) is 37.6 Å². The number of carbonyl (C=O) groups is 2. The molecule has 2 atom stereocenters. The molecule has 4 aromatic rings. The van der Waals surface area contributed by atoms with E-state index in [4.69, 9.17) is 9.47 Å². The molecule has 2 unspecified atom stereocenters. The van der Waals surface area contributed by atoms with Crippen LogP contribution in [0, 0.1) is 18.7 Å². The minimum Gasteiger partial charge on any atom is -0.481 e. The number of amides is 1. The van der Waals surface area contributed by atoms with Gasteiger partial charge in [0.1, 0.15) is 29.2 Å². The number of ether oxygens (including phenoxy) is 2. The van der Waals surface area contributed by atoms with Crippen LogP contribution in [0.3, 0.4) is 0 Å². The molecule has 1 saturated carbocycles. The Kier molecular flexibility index (Phi) is 8.61. The maximum atomic E-state index is 13.6. The van der Waals surface area contributed by atoms with Gasteiger partial charge in [0.15, 0.2) is 6.61 Å². The molecule has 10 nitrogen and oxygen atoms in total. The molecule has 1 aliphatic carbocycles. The maximum absolute atomic E-state index is 13.6. The lowest BCUT2D eigenvalue weighted by Gasteiger charge is -2.20. The number of aryl methyl sites for hydroxylation is 1. The maximum Gasteiger partial charge on any atom is 0.311 e. The highest BCUT2D eigenvalue weighted by atomic mass is 19.1. The number of nitrogens with zero attached hydrogens (tertiary/aromatic N) is 4. The van der Waals surface area contributed by atoms with Crippen LogP contribution in [0.2, 0.25) is 0 Å². The third-order valence-electron chi connectivity index (χ3n) is 6.98. The second kappa shape index (κ2) is 12.7. The zero-order valence-corrected chi connectivity index (χ0v) is 22.9. The Hall–Kier alpha value is -4.67. The topological polar surface area (TPSA) is 128 Å². The zero-order valence-electron chi connectivity index (χ0n) is 22.9. The fraction of sp³-hybridized carbons (Fsp3) is 0.333. The normalized spacial score (nSPS) is 16.4. The van der Waals surface area contributed by atoms with Crippen molar-refractivity contribution in [2.75, 3.05) is 18.5 Å². The number of aromatic nitrogens is 4. The Labute approximate surface area is 236 Å². The quantitative estimate of drug-likeness (QED) is 0.273. The van der Waals surface area contributed by atoms with Crippen LogP contribution in [0.4, 0.5) is 10.2 Å². The van der Waals surface area contributed by atoms with Gasteiger partial charge in [0.25, 0.3) is 5.91 Å². The molecule has 2 aromatic carbocycles. The molecule has 212 valence electrons. The smallest absolute Gasteiger partial charge is 0.311 e. The van der Waals surface area contributed by atoms with Crippen molar-refractivity contribution >= 4 is 28.6 Å². The van der Waals surface area contributed by atoms with Crippen molar-refractivity contribution in [1.29, 1.82) is 0 Å². The highest BCUT2D eigenvalue weighted by molar-refractivity contribution is 5.96. The highest BCUT2D eigenvalue weighted by Crippen LogP contribution is 2.34. The van der Waals surface area contributed by atoms with Crippen LogP contribution in [0.5, 0.6) is 5.75 Å². The van der Waals surface area contributed by atoms with E-state index in [1.54, 1.807) is 25.1 Å². The summed E-state index contributed by atoms with van der Waals surface area (Å²) in [6.45, 7) is 4.03. The second-order valence-electron chi connectivity index (χ2n) is 9.87. The average Bonchev–Trinajstić information content (AvgIpc) is 3.44. The molecular formula is C30H31FN6O4. The van der Waals surface area contributed by atoms with E-state index in [1.807, 2.05) is 25.1 Å². The van der Waals surface area contributed by atoms with Crippen molar-refractivity contribution in [3.05, 3.63) is 72.1 Å². The SMILES string of the molecule is CCOC(=O)C1CCCC1NC(=O)COc1cc(-c2ccc(F)cc2)cc2c(NCc3ccc(C)nn3)ncnc12. The zero-order chi connectivity index (χ0) is 28.8. The third-order valence-corrected chi connectivity index (χ3v) is 6.98. The number of carbonyl (C=O) groups excluding carboxylic acids is 2. The van der Waals surface area contributed by atoms with Crippen molar-refractivity contribution in [3.8, 4) is 16.9 Å². The summed E-state index contributed by atoms with van der Waals surface area (Å²) in [5, 5.41) is 15.2. The molecule has 41 heavy (non-hydrogen) atoms. The van der Waals surface area contributed by atoms with Crippen LogP contribution in [-0.2, 0) is 20.9 Å². The van der Waals surface area contributed by atoms with Crippen molar-refractivity contribution in [3.63, 3.8) is 0 Å². The monoisotopic (exact) mass is 558 g/mol. The molecule has 2 N–H and O–H groups in total. The number of esters is 1. The summed E-state index contributed by atoms with van der Waals surface area (Å²) in [6, 6.07) is 13.2. The fourth-order valence-corrected chi connectivity index (χ4v) is 4.95. The Morgan fingerprint density at radius 3 is 2.61 bits per heavy atom. The summed E-state index contributed by atoms with van der Waals surface area (Å²) >= 11 is 0. The van der Waals surface area contributed by atoms with Crippen LogP contribution < -0.4 is 15.4 Å². The average molecular weight is 559 g/mol.